The molecule has 10 heteroatoms. The Morgan fingerprint density at radius 2 is 2.25 bits per heavy atom. The molecule has 2 rings (SSSR count). The number of nitrogens with zero attached hydrogens (tertiary/aromatic N) is 3. The van der Waals surface area contributed by atoms with Crippen LogP contribution in [-0.4, -0.2) is 30.7 Å². The normalized spacial score (nSPS) is 10.8. The third-order valence-corrected chi connectivity index (χ3v) is 3.64. The second kappa shape index (κ2) is 5.14. The van der Waals surface area contributed by atoms with Crippen molar-refractivity contribution in [3.63, 3.8) is 0 Å². The first-order valence-corrected chi connectivity index (χ1v) is 6.64. The van der Waals surface area contributed by atoms with Crippen molar-refractivity contribution in [2.24, 2.45) is 0 Å². The molecule has 0 aliphatic rings. The minimum atomic E-state index is -4.18. The van der Waals surface area contributed by atoms with Gasteiger partial charge in [0.2, 0.25) is 5.95 Å². The van der Waals surface area contributed by atoms with Gasteiger partial charge in [0.25, 0.3) is 10.0 Å². The van der Waals surface area contributed by atoms with E-state index in [1.54, 1.807) is 0 Å². The molecule has 0 unspecified atom stereocenters. The van der Waals surface area contributed by atoms with Crippen molar-refractivity contribution in [3.8, 4) is 12.1 Å². The average molecular weight is 297 g/mol. The molecule has 2 aromatic rings. The Morgan fingerprint density at radius 1 is 1.50 bits per heavy atom. The predicted octanol–water partition coefficient (Wildman–Crippen LogP) is 0.625. The molecule has 0 fully saturated rings. The summed E-state index contributed by atoms with van der Waals surface area (Å²) in [6.45, 7) is 0. The first-order chi connectivity index (χ1) is 9.47. The van der Waals surface area contributed by atoms with E-state index in [2.05, 4.69) is 19.9 Å². The highest BCUT2D eigenvalue weighted by molar-refractivity contribution is 7.92. The first kappa shape index (κ1) is 13.8. The number of benzene rings is 1. The molecular formula is C10H8FN5O3S. The van der Waals surface area contributed by atoms with Gasteiger partial charge in [-0.3, -0.25) is 0 Å². The van der Waals surface area contributed by atoms with Gasteiger partial charge >= 0.3 is 6.01 Å². The number of sulfonamides is 1. The number of rotatable bonds is 4. The van der Waals surface area contributed by atoms with Crippen LogP contribution in [-0.2, 0) is 10.0 Å². The molecule has 0 atom stereocenters. The lowest BCUT2D eigenvalue weighted by Crippen LogP contribution is -2.16. The van der Waals surface area contributed by atoms with Crippen LogP contribution in [0.3, 0.4) is 0 Å². The maximum absolute atomic E-state index is 13.4. The van der Waals surface area contributed by atoms with Gasteiger partial charge in [0.15, 0.2) is 0 Å². The molecule has 0 saturated carbocycles. The number of methoxy groups -OCH3 is 1. The molecule has 20 heavy (non-hydrogen) atoms. The number of hydrogen-bond donors (Lipinski definition) is 2. The largest absolute Gasteiger partial charge is 0.466 e. The van der Waals surface area contributed by atoms with Crippen LogP contribution in [0.15, 0.2) is 23.1 Å². The highest BCUT2D eigenvalue weighted by atomic mass is 32.2. The van der Waals surface area contributed by atoms with Crippen molar-refractivity contribution in [2.45, 2.75) is 4.90 Å². The van der Waals surface area contributed by atoms with Crippen LogP contribution in [0.25, 0.3) is 0 Å². The summed E-state index contributed by atoms with van der Waals surface area (Å²) in [6, 6.07) is 4.73. The summed E-state index contributed by atoms with van der Waals surface area (Å²) in [5.74, 6) is -1.14. The second-order valence-electron chi connectivity index (χ2n) is 3.50. The standard InChI is InChI=1S/C10H8FN5O3S/c1-19-10-13-9(14-15-10)16-20(17,18)8-4-2-3-7(11)6(8)5-12/h2-4H,1H3,(H2,13,14,15,16). The fourth-order valence-electron chi connectivity index (χ4n) is 1.40. The van der Waals surface area contributed by atoms with Crippen LogP contribution in [0.5, 0.6) is 6.01 Å². The predicted molar refractivity (Wildman–Crippen MR) is 64.9 cm³/mol. The van der Waals surface area contributed by atoms with Crippen molar-refractivity contribution < 1.29 is 17.5 Å². The molecule has 0 radical (unpaired) electrons. The van der Waals surface area contributed by atoms with Crippen molar-refractivity contribution in [3.05, 3.63) is 29.6 Å². The Balaban J connectivity index is 2.41. The summed E-state index contributed by atoms with van der Waals surface area (Å²) in [5.41, 5.74) is -0.577. The smallest absolute Gasteiger partial charge is 0.336 e. The summed E-state index contributed by atoms with van der Waals surface area (Å²) >= 11 is 0. The van der Waals surface area contributed by atoms with Crippen LogP contribution in [0.2, 0.25) is 0 Å². The Labute approximate surface area is 113 Å². The van der Waals surface area contributed by atoms with Crippen molar-refractivity contribution in [2.75, 3.05) is 11.8 Å². The van der Waals surface area contributed by atoms with Crippen LogP contribution in [0.4, 0.5) is 10.3 Å². The van der Waals surface area contributed by atoms with E-state index in [-0.39, 0.29) is 12.0 Å². The van der Waals surface area contributed by atoms with Crippen LogP contribution in [0, 0.1) is 17.1 Å². The number of nitrogens with one attached hydrogen (secondary N) is 2. The molecule has 1 aromatic heterocycles. The maximum Gasteiger partial charge on any atom is 0.336 e. The summed E-state index contributed by atoms with van der Waals surface area (Å²) in [4.78, 5) is 3.17. The molecule has 0 saturated heterocycles. The van der Waals surface area contributed by atoms with E-state index in [0.29, 0.717) is 0 Å². The monoisotopic (exact) mass is 297 g/mol. The van der Waals surface area contributed by atoms with Gasteiger partial charge in [0.05, 0.1) is 7.11 Å². The number of H-pyrrole nitrogens is 1. The molecule has 0 amide bonds. The first-order valence-electron chi connectivity index (χ1n) is 5.15. The van der Waals surface area contributed by atoms with Gasteiger partial charge in [-0.25, -0.2) is 22.6 Å². The highest BCUT2D eigenvalue weighted by Crippen LogP contribution is 2.20. The molecule has 1 aromatic carbocycles. The molecule has 8 nitrogen and oxygen atoms in total. The molecule has 2 N–H and O–H groups in total. The van der Waals surface area contributed by atoms with Crippen LogP contribution >= 0.6 is 0 Å². The van der Waals surface area contributed by atoms with Gasteiger partial charge < -0.3 is 4.74 Å². The zero-order valence-electron chi connectivity index (χ0n) is 10.1. The molecule has 1 heterocycles. The Morgan fingerprint density at radius 3 is 2.85 bits per heavy atom. The summed E-state index contributed by atoms with van der Waals surface area (Å²) < 4.78 is 44.3. The SMILES string of the molecule is COc1n[nH]c(NS(=O)(=O)c2cccc(F)c2C#N)n1. The number of halogens is 1. The fourth-order valence-corrected chi connectivity index (χ4v) is 2.53. The zero-order valence-corrected chi connectivity index (χ0v) is 10.9. The highest BCUT2D eigenvalue weighted by Gasteiger charge is 2.22. The zero-order chi connectivity index (χ0) is 14.8. The molecular weight excluding hydrogens is 289 g/mol. The third-order valence-electron chi connectivity index (χ3n) is 2.26. The Kier molecular flexibility index (Phi) is 3.53. The van der Waals surface area contributed by atoms with Crippen LogP contribution in [0.1, 0.15) is 5.56 Å². The fraction of sp³-hybridized carbons (Fsp3) is 0.100. The third kappa shape index (κ3) is 2.52. The average Bonchev–Trinajstić information content (AvgIpc) is 2.85. The van der Waals surface area contributed by atoms with E-state index in [0.717, 1.165) is 12.1 Å². The maximum atomic E-state index is 13.4. The summed E-state index contributed by atoms with van der Waals surface area (Å²) in [7, 11) is -2.87. The summed E-state index contributed by atoms with van der Waals surface area (Å²) in [6.07, 6.45) is 0. The Hall–Kier alpha value is -2.67. The van der Waals surface area contributed by atoms with Gasteiger partial charge in [-0.05, 0) is 12.1 Å². The van der Waals surface area contributed by atoms with Crippen molar-refractivity contribution >= 4 is 16.0 Å². The number of nitriles is 1. The van der Waals surface area contributed by atoms with E-state index < -0.39 is 26.3 Å². The van der Waals surface area contributed by atoms with E-state index in [1.807, 2.05) is 4.72 Å². The van der Waals surface area contributed by atoms with E-state index in [1.165, 1.54) is 19.2 Å². The van der Waals surface area contributed by atoms with Crippen molar-refractivity contribution in [1.82, 2.24) is 15.2 Å². The lowest BCUT2D eigenvalue weighted by atomic mass is 10.2. The quantitative estimate of drug-likeness (QED) is 0.853. The topological polar surface area (TPSA) is 121 Å². The molecule has 0 spiro atoms. The number of hydrogen-bond acceptors (Lipinski definition) is 6. The van der Waals surface area contributed by atoms with Gasteiger partial charge in [-0.15, -0.1) is 5.10 Å². The number of anilines is 1. The molecule has 0 bridgehead atoms. The lowest BCUT2D eigenvalue weighted by Gasteiger charge is -2.06. The second-order valence-corrected chi connectivity index (χ2v) is 5.15. The molecule has 0 aliphatic carbocycles. The van der Waals surface area contributed by atoms with Gasteiger partial charge in [-0.2, -0.15) is 10.2 Å². The van der Waals surface area contributed by atoms with Crippen LogP contribution < -0.4 is 9.46 Å². The number of aromatic nitrogens is 3. The Bertz CT molecular complexity index is 780. The summed E-state index contributed by atoms with van der Waals surface area (Å²) in [5, 5.41) is 14.7. The van der Waals surface area contributed by atoms with E-state index in [9.17, 15) is 12.8 Å². The van der Waals surface area contributed by atoms with Gasteiger partial charge in [-0.1, -0.05) is 6.07 Å². The number of ether oxygens (including phenoxy) is 1. The van der Waals surface area contributed by atoms with E-state index >= 15 is 0 Å². The molecule has 0 aliphatic heterocycles. The number of aromatic amines is 1. The van der Waals surface area contributed by atoms with Gasteiger partial charge in [0, 0.05) is 0 Å². The molecule has 104 valence electrons. The van der Waals surface area contributed by atoms with Crippen molar-refractivity contribution in [1.29, 1.82) is 5.26 Å². The minimum Gasteiger partial charge on any atom is -0.466 e. The lowest BCUT2D eigenvalue weighted by molar-refractivity contribution is 0.382. The van der Waals surface area contributed by atoms with Gasteiger partial charge in [0.1, 0.15) is 22.3 Å². The van der Waals surface area contributed by atoms with E-state index in [4.69, 9.17) is 5.26 Å². The minimum absolute atomic E-state index is 0.0672.